The molecule has 2 rings (SSSR count). The van der Waals surface area contributed by atoms with E-state index < -0.39 is 0 Å². The molecule has 4 nitrogen and oxygen atoms in total. The minimum atomic E-state index is 0.233. The maximum absolute atomic E-state index is 12.4. The standard InChI is InChI=1S/C15H29N3O/c1-12-8-13(16)10-18(9-12)11-15(19)17(2)14-6-4-3-5-7-14/h12-14H,3-11,16H2,1-2H3. The molecule has 110 valence electrons. The fourth-order valence-electron chi connectivity index (χ4n) is 3.62. The van der Waals surface area contributed by atoms with Gasteiger partial charge in [0.2, 0.25) is 5.91 Å². The Morgan fingerprint density at radius 2 is 1.95 bits per heavy atom. The normalized spacial score (nSPS) is 30.3. The molecule has 1 amide bonds. The van der Waals surface area contributed by atoms with Crippen LogP contribution in [-0.4, -0.2) is 54.5 Å². The lowest BCUT2D eigenvalue weighted by molar-refractivity contribution is -0.134. The molecule has 2 atom stereocenters. The summed E-state index contributed by atoms with van der Waals surface area (Å²) in [5, 5.41) is 0. The van der Waals surface area contributed by atoms with Gasteiger partial charge < -0.3 is 10.6 Å². The van der Waals surface area contributed by atoms with Gasteiger partial charge in [-0.3, -0.25) is 9.69 Å². The molecule has 0 bridgehead atoms. The number of nitrogens with zero attached hydrogens (tertiary/aromatic N) is 2. The number of carbonyl (C=O) groups is 1. The maximum atomic E-state index is 12.4. The second-order valence-electron chi connectivity index (χ2n) is 6.59. The summed E-state index contributed by atoms with van der Waals surface area (Å²) in [6.45, 7) is 4.65. The summed E-state index contributed by atoms with van der Waals surface area (Å²) < 4.78 is 0. The fourth-order valence-corrected chi connectivity index (χ4v) is 3.62. The highest BCUT2D eigenvalue weighted by molar-refractivity contribution is 5.78. The Hall–Kier alpha value is -0.610. The molecule has 0 aromatic rings. The number of likely N-dealkylation sites (N-methyl/N-ethyl adjacent to an activating group) is 1. The van der Waals surface area contributed by atoms with Gasteiger partial charge in [0.1, 0.15) is 0 Å². The van der Waals surface area contributed by atoms with Gasteiger partial charge in [-0.15, -0.1) is 0 Å². The molecule has 0 aromatic heterocycles. The Balaban J connectivity index is 1.82. The lowest BCUT2D eigenvalue weighted by atomic mass is 9.94. The van der Waals surface area contributed by atoms with E-state index in [4.69, 9.17) is 5.73 Å². The quantitative estimate of drug-likeness (QED) is 0.842. The van der Waals surface area contributed by atoms with Crippen molar-refractivity contribution >= 4 is 5.91 Å². The molecule has 1 aliphatic carbocycles. The number of likely N-dealkylation sites (tertiary alicyclic amines) is 1. The van der Waals surface area contributed by atoms with E-state index in [-0.39, 0.29) is 11.9 Å². The summed E-state index contributed by atoms with van der Waals surface area (Å²) in [6, 6.07) is 0.702. The zero-order valence-corrected chi connectivity index (χ0v) is 12.5. The third-order valence-corrected chi connectivity index (χ3v) is 4.64. The summed E-state index contributed by atoms with van der Waals surface area (Å²) in [4.78, 5) is 16.6. The van der Waals surface area contributed by atoms with Crippen molar-refractivity contribution in [3.63, 3.8) is 0 Å². The molecule has 1 saturated heterocycles. The van der Waals surface area contributed by atoms with E-state index in [1.165, 1.54) is 32.1 Å². The van der Waals surface area contributed by atoms with Gasteiger partial charge in [0.15, 0.2) is 0 Å². The molecule has 0 spiro atoms. The van der Waals surface area contributed by atoms with Gasteiger partial charge in [0, 0.05) is 32.2 Å². The molecule has 19 heavy (non-hydrogen) atoms. The Morgan fingerprint density at radius 1 is 1.26 bits per heavy atom. The van der Waals surface area contributed by atoms with Crippen LogP contribution >= 0.6 is 0 Å². The smallest absolute Gasteiger partial charge is 0.236 e. The molecule has 2 fully saturated rings. The summed E-state index contributed by atoms with van der Waals surface area (Å²) in [5.74, 6) is 0.879. The largest absolute Gasteiger partial charge is 0.342 e. The molecule has 2 unspecified atom stereocenters. The van der Waals surface area contributed by atoms with Crippen molar-refractivity contribution in [3.8, 4) is 0 Å². The third kappa shape index (κ3) is 4.18. The predicted octanol–water partition coefficient (Wildman–Crippen LogP) is 1.45. The van der Waals surface area contributed by atoms with Crippen molar-refractivity contribution < 1.29 is 4.79 Å². The molecular formula is C15H29N3O. The lowest BCUT2D eigenvalue weighted by Gasteiger charge is -2.37. The molecule has 2 aliphatic rings. The van der Waals surface area contributed by atoms with Gasteiger partial charge in [-0.2, -0.15) is 0 Å². The topological polar surface area (TPSA) is 49.6 Å². The first-order valence-electron chi connectivity index (χ1n) is 7.80. The van der Waals surface area contributed by atoms with E-state index in [0.717, 1.165) is 19.5 Å². The van der Waals surface area contributed by atoms with Crippen LogP contribution in [0.15, 0.2) is 0 Å². The highest BCUT2D eigenvalue weighted by Gasteiger charge is 2.27. The molecule has 2 N–H and O–H groups in total. The molecule has 1 aliphatic heterocycles. The lowest BCUT2D eigenvalue weighted by Crippen LogP contribution is -2.51. The van der Waals surface area contributed by atoms with E-state index >= 15 is 0 Å². The minimum Gasteiger partial charge on any atom is -0.342 e. The van der Waals surface area contributed by atoms with Gasteiger partial charge in [-0.05, 0) is 25.2 Å². The van der Waals surface area contributed by atoms with Crippen LogP contribution in [0, 0.1) is 5.92 Å². The number of carbonyl (C=O) groups excluding carboxylic acids is 1. The number of amides is 1. The van der Waals surface area contributed by atoms with Crippen LogP contribution < -0.4 is 5.73 Å². The van der Waals surface area contributed by atoms with E-state index in [2.05, 4.69) is 11.8 Å². The van der Waals surface area contributed by atoms with Gasteiger partial charge in [0.05, 0.1) is 6.54 Å². The zero-order chi connectivity index (χ0) is 13.8. The average Bonchev–Trinajstić information content (AvgIpc) is 2.37. The van der Waals surface area contributed by atoms with Gasteiger partial charge in [-0.25, -0.2) is 0 Å². The first kappa shape index (κ1) is 14.8. The highest BCUT2D eigenvalue weighted by atomic mass is 16.2. The maximum Gasteiger partial charge on any atom is 0.236 e. The first-order valence-corrected chi connectivity index (χ1v) is 7.80. The van der Waals surface area contributed by atoms with Crippen LogP contribution in [-0.2, 0) is 4.79 Å². The minimum absolute atomic E-state index is 0.233. The Morgan fingerprint density at radius 3 is 2.58 bits per heavy atom. The SMILES string of the molecule is CC1CC(N)CN(CC(=O)N(C)C2CCCCC2)C1. The van der Waals surface area contributed by atoms with E-state index in [1.807, 2.05) is 11.9 Å². The van der Waals surface area contributed by atoms with Crippen LogP contribution in [0.3, 0.4) is 0 Å². The highest BCUT2D eigenvalue weighted by Crippen LogP contribution is 2.22. The molecule has 0 aromatic carbocycles. The van der Waals surface area contributed by atoms with E-state index in [0.29, 0.717) is 18.5 Å². The van der Waals surface area contributed by atoms with Gasteiger partial charge in [0.25, 0.3) is 0 Å². The number of hydrogen-bond acceptors (Lipinski definition) is 3. The Labute approximate surface area is 117 Å². The van der Waals surface area contributed by atoms with Crippen molar-refractivity contribution in [2.75, 3.05) is 26.7 Å². The number of rotatable bonds is 3. The Kier molecular flexibility index (Phi) is 5.22. The van der Waals surface area contributed by atoms with Crippen LogP contribution in [0.2, 0.25) is 0 Å². The van der Waals surface area contributed by atoms with Crippen LogP contribution in [0.1, 0.15) is 45.4 Å². The second-order valence-corrected chi connectivity index (χ2v) is 6.59. The zero-order valence-electron chi connectivity index (χ0n) is 12.5. The third-order valence-electron chi connectivity index (χ3n) is 4.64. The van der Waals surface area contributed by atoms with Gasteiger partial charge >= 0.3 is 0 Å². The first-order chi connectivity index (χ1) is 9.06. The average molecular weight is 267 g/mol. The van der Waals surface area contributed by atoms with E-state index in [9.17, 15) is 4.79 Å². The van der Waals surface area contributed by atoms with Crippen molar-refractivity contribution in [3.05, 3.63) is 0 Å². The number of nitrogens with two attached hydrogens (primary N) is 1. The summed E-state index contributed by atoms with van der Waals surface area (Å²) in [5.41, 5.74) is 6.04. The monoisotopic (exact) mass is 267 g/mol. The fraction of sp³-hybridized carbons (Fsp3) is 0.933. The summed E-state index contributed by atoms with van der Waals surface area (Å²) in [7, 11) is 1.98. The molecule has 1 heterocycles. The second kappa shape index (κ2) is 6.71. The van der Waals surface area contributed by atoms with E-state index in [1.54, 1.807) is 0 Å². The van der Waals surface area contributed by atoms with Crippen LogP contribution in [0.4, 0.5) is 0 Å². The van der Waals surface area contributed by atoms with Crippen molar-refractivity contribution in [1.29, 1.82) is 0 Å². The number of piperidine rings is 1. The summed E-state index contributed by atoms with van der Waals surface area (Å²) in [6.07, 6.45) is 7.32. The van der Waals surface area contributed by atoms with Crippen molar-refractivity contribution in [2.24, 2.45) is 11.7 Å². The predicted molar refractivity (Wildman–Crippen MR) is 77.8 cm³/mol. The van der Waals surface area contributed by atoms with Crippen molar-refractivity contribution in [1.82, 2.24) is 9.80 Å². The van der Waals surface area contributed by atoms with Crippen LogP contribution in [0.25, 0.3) is 0 Å². The Bertz CT molecular complexity index is 292. The van der Waals surface area contributed by atoms with Crippen LogP contribution in [0.5, 0.6) is 0 Å². The van der Waals surface area contributed by atoms with Crippen molar-refractivity contribution in [2.45, 2.75) is 57.5 Å². The van der Waals surface area contributed by atoms with Gasteiger partial charge in [-0.1, -0.05) is 26.2 Å². The number of hydrogen-bond donors (Lipinski definition) is 1. The molecule has 1 saturated carbocycles. The molecule has 4 heteroatoms. The molecule has 0 radical (unpaired) electrons. The summed E-state index contributed by atoms with van der Waals surface area (Å²) >= 11 is 0. The molecular weight excluding hydrogens is 238 g/mol.